The number of hydrogen-bond donors (Lipinski definition) is 2. The van der Waals surface area contributed by atoms with Crippen molar-refractivity contribution in [3.8, 4) is 0 Å². The van der Waals surface area contributed by atoms with Gasteiger partial charge >= 0.3 is 13.2 Å². The predicted octanol–water partition coefficient (Wildman–Crippen LogP) is 1.18. The maximum Gasteiger partial charge on any atom is 0.491 e. The van der Waals surface area contributed by atoms with Gasteiger partial charge in [0.1, 0.15) is 5.60 Å². The first kappa shape index (κ1) is 26.6. The van der Waals surface area contributed by atoms with Crippen molar-refractivity contribution in [1.29, 1.82) is 0 Å². The van der Waals surface area contributed by atoms with Crippen LogP contribution in [0, 0.1) is 0 Å². The molecule has 1 aromatic rings. The van der Waals surface area contributed by atoms with Gasteiger partial charge in [0.25, 0.3) is 0 Å². The summed E-state index contributed by atoms with van der Waals surface area (Å²) in [5.41, 5.74) is -2.47. The molecule has 0 unspecified atom stereocenters. The van der Waals surface area contributed by atoms with Crippen LogP contribution in [0.25, 0.3) is 0 Å². The van der Waals surface area contributed by atoms with E-state index < -0.39 is 40.0 Å². The highest BCUT2D eigenvalue weighted by Gasteiger charge is 2.39. The number of nitrogens with zero attached hydrogens (tertiary/aromatic N) is 2. The molecular formula is C21H35BN2O7S. The summed E-state index contributed by atoms with van der Waals surface area (Å²) in [6.45, 7) is 12.6. The smallest absolute Gasteiger partial charge is 0.444 e. The van der Waals surface area contributed by atoms with Gasteiger partial charge in [0.2, 0.25) is 10.0 Å². The SMILES string of the molecule is CC(C)(C)OC(=O)N1CCN(S(=O)(=O)c2ccc(B(O)OC(C)(C)C(C)(C)O)cc2)CC1. The minimum atomic E-state index is -3.76. The summed E-state index contributed by atoms with van der Waals surface area (Å²) in [6.07, 6.45) is -0.457. The van der Waals surface area contributed by atoms with Crippen molar-refractivity contribution in [2.75, 3.05) is 26.2 Å². The molecule has 1 aromatic carbocycles. The van der Waals surface area contributed by atoms with E-state index in [2.05, 4.69) is 0 Å². The Morgan fingerprint density at radius 1 is 0.969 bits per heavy atom. The normalized spacial score (nSPS) is 16.7. The summed E-state index contributed by atoms with van der Waals surface area (Å²) in [5.74, 6) is 0. The Morgan fingerprint density at radius 2 is 1.47 bits per heavy atom. The molecule has 2 N–H and O–H groups in total. The molecule has 1 aliphatic heterocycles. The number of sulfonamides is 1. The maximum atomic E-state index is 13.0. The molecule has 0 atom stereocenters. The van der Waals surface area contributed by atoms with Crippen LogP contribution in [-0.4, -0.2) is 83.9 Å². The molecule has 0 radical (unpaired) electrons. The lowest BCUT2D eigenvalue weighted by atomic mass is 9.76. The molecule has 180 valence electrons. The molecule has 32 heavy (non-hydrogen) atoms. The van der Waals surface area contributed by atoms with Gasteiger partial charge in [-0.05, 0) is 66.1 Å². The summed E-state index contributed by atoms with van der Waals surface area (Å²) in [6, 6.07) is 5.78. The second-order valence-electron chi connectivity index (χ2n) is 9.98. The lowest BCUT2D eigenvalue weighted by Gasteiger charge is -2.38. The van der Waals surface area contributed by atoms with E-state index in [1.165, 1.54) is 33.5 Å². The van der Waals surface area contributed by atoms with E-state index in [0.29, 0.717) is 5.46 Å². The van der Waals surface area contributed by atoms with Crippen molar-refractivity contribution in [1.82, 2.24) is 9.21 Å². The Balaban J connectivity index is 2.04. The Bertz CT molecular complexity index is 898. The number of ether oxygens (including phenoxy) is 1. The van der Waals surface area contributed by atoms with Crippen molar-refractivity contribution in [3.63, 3.8) is 0 Å². The third-order valence-corrected chi connectivity index (χ3v) is 7.49. The van der Waals surface area contributed by atoms with Crippen LogP contribution in [0.15, 0.2) is 29.2 Å². The number of piperazine rings is 1. The number of carbonyl (C=O) groups excluding carboxylic acids is 1. The number of amides is 1. The van der Waals surface area contributed by atoms with E-state index in [9.17, 15) is 23.3 Å². The number of rotatable bonds is 6. The fraction of sp³-hybridized carbons (Fsp3) is 0.667. The standard InChI is InChI=1S/C21H35BN2O7S/c1-19(2,3)30-18(25)23-12-14-24(15-13-23)32(28,29)17-10-8-16(9-11-17)22(27)31-21(6,7)20(4,5)26/h8-11,26-27H,12-15H2,1-7H3. The fourth-order valence-electron chi connectivity index (χ4n) is 2.88. The topological polar surface area (TPSA) is 117 Å². The predicted molar refractivity (Wildman–Crippen MR) is 122 cm³/mol. The second kappa shape index (κ2) is 9.30. The summed E-state index contributed by atoms with van der Waals surface area (Å²) in [5, 5.41) is 20.6. The highest BCUT2D eigenvalue weighted by molar-refractivity contribution is 7.89. The Labute approximate surface area is 191 Å². The van der Waals surface area contributed by atoms with E-state index in [1.54, 1.807) is 48.5 Å². The van der Waals surface area contributed by atoms with Crippen LogP contribution in [0.5, 0.6) is 0 Å². The van der Waals surface area contributed by atoms with Crippen LogP contribution < -0.4 is 5.46 Å². The zero-order chi connectivity index (χ0) is 24.5. The Kier molecular flexibility index (Phi) is 7.73. The molecule has 2 rings (SSSR count). The first-order chi connectivity index (χ1) is 14.4. The first-order valence-electron chi connectivity index (χ1n) is 10.6. The molecule has 0 aromatic heterocycles. The summed E-state index contributed by atoms with van der Waals surface area (Å²) in [4.78, 5) is 13.8. The van der Waals surface area contributed by atoms with Gasteiger partial charge < -0.3 is 24.4 Å². The number of benzene rings is 1. The summed E-state index contributed by atoms with van der Waals surface area (Å²) >= 11 is 0. The molecule has 1 aliphatic rings. The highest BCUT2D eigenvalue weighted by atomic mass is 32.2. The van der Waals surface area contributed by atoms with E-state index in [4.69, 9.17) is 9.39 Å². The number of aliphatic hydroxyl groups is 1. The average Bonchev–Trinajstić information content (AvgIpc) is 2.65. The van der Waals surface area contributed by atoms with Gasteiger partial charge in [0.05, 0.1) is 16.1 Å². The third-order valence-electron chi connectivity index (χ3n) is 5.57. The van der Waals surface area contributed by atoms with Crippen LogP contribution >= 0.6 is 0 Å². The lowest BCUT2D eigenvalue weighted by Crippen LogP contribution is -2.53. The molecule has 0 spiro atoms. The van der Waals surface area contributed by atoms with Crippen LogP contribution in [0.2, 0.25) is 0 Å². The zero-order valence-electron chi connectivity index (χ0n) is 20.0. The Morgan fingerprint density at radius 3 is 1.91 bits per heavy atom. The molecule has 9 nitrogen and oxygen atoms in total. The van der Waals surface area contributed by atoms with Crippen molar-refractivity contribution < 1.29 is 32.7 Å². The first-order valence-corrected chi connectivity index (χ1v) is 12.0. The fourth-order valence-corrected chi connectivity index (χ4v) is 4.30. The minimum Gasteiger partial charge on any atom is -0.444 e. The number of carbonyl (C=O) groups is 1. The van der Waals surface area contributed by atoms with Gasteiger partial charge in [-0.15, -0.1) is 0 Å². The third kappa shape index (κ3) is 6.45. The van der Waals surface area contributed by atoms with Crippen LogP contribution in [-0.2, 0) is 19.4 Å². The molecule has 0 saturated carbocycles. The van der Waals surface area contributed by atoms with Crippen molar-refractivity contribution in [2.45, 2.75) is 70.2 Å². The molecule has 1 fully saturated rings. The van der Waals surface area contributed by atoms with Gasteiger partial charge in [-0.2, -0.15) is 4.31 Å². The average molecular weight is 470 g/mol. The number of hydrogen-bond acceptors (Lipinski definition) is 7. The molecule has 1 saturated heterocycles. The van der Waals surface area contributed by atoms with E-state index in [-0.39, 0.29) is 31.1 Å². The molecule has 1 heterocycles. The quantitative estimate of drug-likeness (QED) is 0.600. The zero-order valence-corrected chi connectivity index (χ0v) is 20.8. The van der Waals surface area contributed by atoms with Crippen molar-refractivity contribution in [2.24, 2.45) is 0 Å². The van der Waals surface area contributed by atoms with Gasteiger partial charge in [-0.1, -0.05) is 12.1 Å². The maximum absolute atomic E-state index is 13.0. The Hall–Kier alpha value is -1.66. The van der Waals surface area contributed by atoms with Crippen LogP contribution in [0.1, 0.15) is 48.5 Å². The van der Waals surface area contributed by atoms with E-state index >= 15 is 0 Å². The highest BCUT2D eigenvalue weighted by Crippen LogP contribution is 2.25. The molecule has 1 amide bonds. The molecule has 11 heteroatoms. The monoisotopic (exact) mass is 470 g/mol. The van der Waals surface area contributed by atoms with Crippen molar-refractivity contribution in [3.05, 3.63) is 24.3 Å². The second-order valence-corrected chi connectivity index (χ2v) is 11.9. The molecule has 0 bridgehead atoms. The minimum absolute atomic E-state index is 0.0842. The van der Waals surface area contributed by atoms with E-state index in [1.807, 2.05) is 0 Å². The van der Waals surface area contributed by atoms with Gasteiger partial charge in [0, 0.05) is 26.2 Å². The van der Waals surface area contributed by atoms with Crippen molar-refractivity contribution >= 4 is 28.7 Å². The van der Waals surface area contributed by atoms with Gasteiger partial charge in [-0.3, -0.25) is 0 Å². The molecular weight excluding hydrogens is 435 g/mol. The van der Waals surface area contributed by atoms with E-state index in [0.717, 1.165) is 0 Å². The van der Waals surface area contributed by atoms with Gasteiger partial charge in [0.15, 0.2) is 0 Å². The largest absolute Gasteiger partial charge is 0.491 e. The van der Waals surface area contributed by atoms with Crippen LogP contribution in [0.3, 0.4) is 0 Å². The molecule has 0 aliphatic carbocycles. The van der Waals surface area contributed by atoms with Crippen LogP contribution in [0.4, 0.5) is 4.79 Å². The lowest BCUT2D eigenvalue weighted by molar-refractivity contribution is -0.0982. The van der Waals surface area contributed by atoms with Gasteiger partial charge in [-0.25, -0.2) is 13.2 Å². The summed E-state index contributed by atoms with van der Waals surface area (Å²) < 4.78 is 38.3. The summed E-state index contributed by atoms with van der Waals surface area (Å²) in [7, 11) is -5.08.